The maximum Gasteiger partial charge on any atom is 0.274 e. The van der Waals surface area contributed by atoms with Gasteiger partial charge in [-0.25, -0.2) is 0 Å². The summed E-state index contributed by atoms with van der Waals surface area (Å²) in [5.74, 6) is 1.69. The molecule has 3 aliphatic rings. The molecule has 0 unspecified atom stereocenters. The third-order valence-corrected chi connectivity index (χ3v) is 7.43. The van der Waals surface area contributed by atoms with Crippen molar-refractivity contribution in [1.82, 2.24) is 19.6 Å². The molecule has 0 saturated carbocycles. The zero-order valence-corrected chi connectivity index (χ0v) is 17.5. The lowest BCUT2D eigenvalue weighted by Crippen LogP contribution is -2.50. The number of aromatic nitrogens is 3. The lowest BCUT2D eigenvalue weighted by Gasteiger charge is -2.53. The van der Waals surface area contributed by atoms with Crippen LogP contribution in [0.25, 0.3) is 16.6 Å². The smallest absolute Gasteiger partial charge is 0.274 e. The Hall–Kier alpha value is -2.40. The van der Waals surface area contributed by atoms with Gasteiger partial charge in [-0.3, -0.25) is 4.90 Å². The van der Waals surface area contributed by atoms with Crippen molar-refractivity contribution in [3.05, 3.63) is 53.3 Å². The molecule has 0 spiro atoms. The Bertz CT molecular complexity index is 1140. The molecule has 29 heavy (non-hydrogen) atoms. The van der Waals surface area contributed by atoms with Crippen LogP contribution >= 0.6 is 0 Å². The van der Waals surface area contributed by atoms with E-state index in [0.29, 0.717) is 11.9 Å². The average Bonchev–Trinajstić information content (AvgIpc) is 3.36. The number of benzene rings is 1. The maximum atomic E-state index is 5.83. The molecule has 0 bridgehead atoms. The second kappa shape index (κ2) is 6.05. The highest BCUT2D eigenvalue weighted by Gasteiger charge is 2.50. The molecule has 5 heteroatoms. The van der Waals surface area contributed by atoms with E-state index in [0.717, 1.165) is 30.9 Å². The van der Waals surface area contributed by atoms with Gasteiger partial charge < -0.3 is 9.09 Å². The van der Waals surface area contributed by atoms with Crippen molar-refractivity contribution in [2.24, 2.45) is 5.41 Å². The highest BCUT2D eigenvalue weighted by molar-refractivity contribution is 5.91. The van der Waals surface area contributed by atoms with E-state index in [1.54, 1.807) is 0 Å². The first-order valence-corrected chi connectivity index (χ1v) is 11.1. The normalized spacial score (nSPS) is 26.1. The molecule has 2 aromatic heterocycles. The minimum atomic E-state index is 0.138. The van der Waals surface area contributed by atoms with E-state index < -0.39 is 0 Å². The number of fused-ring (bicyclic) bond motifs is 3. The van der Waals surface area contributed by atoms with Crippen molar-refractivity contribution in [2.45, 2.75) is 58.4 Å². The molecule has 1 saturated heterocycles. The van der Waals surface area contributed by atoms with Crippen LogP contribution in [0.3, 0.4) is 0 Å². The third kappa shape index (κ3) is 2.25. The summed E-state index contributed by atoms with van der Waals surface area (Å²) in [6.07, 6.45) is 7.21. The van der Waals surface area contributed by atoms with Gasteiger partial charge in [0.15, 0.2) is 5.82 Å². The summed E-state index contributed by atoms with van der Waals surface area (Å²) in [4.78, 5) is 7.54. The van der Waals surface area contributed by atoms with Gasteiger partial charge in [0.1, 0.15) is 5.70 Å². The van der Waals surface area contributed by atoms with Crippen LogP contribution in [0.15, 0.2) is 34.9 Å². The van der Waals surface area contributed by atoms with Crippen molar-refractivity contribution < 1.29 is 4.52 Å². The molecular weight excluding hydrogens is 360 g/mol. The highest BCUT2D eigenvalue weighted by atomic mass is 16.5. The predicted octanol–water partition coefficient (Wildman–Crippen LogP) is 5.14. The Morgan fingerprint density at radius 1 is 1.24 bits per heavy atom. The van der Waals surface area contributed by atoms with Crippen LogP contribution < -0.4 is 0 Å². The Morgan fingerprint density at radius 2 is 2.10 bits per heavy atom. The molecular formula is C24H28N4O. The Labute approximate surface area is 171 Å². The van der Waals surface area contributed by atoms with Crippen LogP contribution in [0.2, 0.25) is 0 Å². The molecule has 3 aromatic rings. The minimum absolute atomic E-state index is 0.138. The van der Waals surface area contributed by atoms with Gasteiger partial charge in [0, 0.05) is 29.0 Å². The fourth-order valence-electron chi connectivity index (χ4n) is 6.01. The summed E-state index contributed by atoms with van der Waals surface area (Å²) < 4.78 is 8.27. The van der Waals surface area contributed by atoms with Gasteiger partial charge in [0.25, 0.3) is 5.89 Å². The predicted molar refractivity (Wildman–Crippen MR) is 114 cm³/mol. The number of hydrogen-bond acceptors (Lipinski definition) is 4. The Balaban J connectivity index is 1.68. The topological polar surface area (TPSA) is 47.1 Å². The molecule has 3 aliphatic heterocycles. The van der Waals surface area contributed by atoms with E-state index >= 15 is 0 Å². The fourth-order valence-corrected chi connectivity index (χ4v) is 6.01. The number of hydrogen-bond donors (Lipinski definition) is 0. The number of piperidine rings is 1. The molecule has 5 heterocycles. The molecule has 2 atom stereocenters. The Morgan fingerprint density at radius 3 is 2.90 bits per heavy atom. The first-order valence-electron chi connectivity index (χ1n) is 11.1. The van der Waals surface area contributed by atoms with E-state index in [1.807, 2.05) is 0 Å². The zero-order valence-electron chi connectivity index (χ0n) is 17.5. The van der Waals surface area contributed by atoms with Crippen LogP contribution in [0, 0.1) is 5.41 Å². The minimum Gasteiger partial charge on any atom is -0.332 e. The molecule has 150 valence electrons. The van der Waals surface area contributed by atoms with Crippen molar-refractivity contribution in [3.8, 4) is 0 Å². The van der Waals surface area contributed by atoms with Gasteiger partial charge in [-0.1, -0.05) is 44.1 Å². The van der Waals surface area contributed by atoms with E-state index in [4.69, 9.17) is 9.51 Å². The van der Waals surface area contributed by atoms with Crippen LogP contribution in [-0.4, -0.2) is 32.7 Å². The Kier molecular flexibility index (Phi) is 3.64. The van der Waals surface area contributed by atoms with E-state index in [2.05, 4.69) is 65.7 Å². The van der Waals surface area contributed by atoms with Gasteiger partial charge in [-0.05, 0) is 49.9 Å². The summed E-state index contributed by atoms with van der Waals surface area (Å²) in [5.41, 5.74) is 5.49. The first kappa shape index (κ1) is 17.5. The lowest BCUT2D eigenvalue weighted by atomic mass is 9.66. The SMILES string of the molecule is CC[C@@]12C=C(c3nc(C(C)C)no3)n3c4c(c5ccccc53)CCN(CCC1)[C@H]42. The summed E-state index contributed by atoms with van der Waals surface area (Å²) in [5, 5.41) is 5.66. The second-order valence-corrected chi connectivity index (χ2v) is 9.24. The quantitative estimate of drug-likeness (QED) is 0.623. The standard InChI is InChI=1S/C24H28N4O/c1-4-24-11-7-12-27-13-10-17-16-8-5-6-9-18(16)28(20(17)21(24)27)19(14-24)23-25-22(15(2)3)26-29-23/h5-6,8-9,14-15,21H,4,7,10-13H2,1-3H3/t21-,24+/m1/s1. The largest absolute Gasteiger partial charge is 0.332 e. The van der Waals surface area contributed by atoms with Crippen LogP contribution in [0.4, 0.5) is 0 Å². The van der Waals surface area contributed by atoms with Crippen molar-refractivity contribution in [3.63, 3.8) is 0 Å². The molecule has 6 rings (SSSR count). The lowest BCUT2D eigenvalue weighted by molar-refractivity contribution is 0.0269. The van der Waals surface area contributed by atoms with Gasteiger partial charge in [-0.15, -0.1) is 0 Å². The summed E-state index contributed by atoms with van der Waals surface area (Å²) >= 11 is 0. The van der Waals surface area contributed by atoms with E-state index in [-0.39, 0.29) is 11.3 Å². The van der Waals surface area contributed by atoms with Gasteiger partial charge in [-0.2, -0.15) is 4.98 Å². The number of rotatable bonds is 3. The summed E-state index contributed by atoms with van der Waals surface area (Å²) in [6, 6.07) is 9.29. The highest BCUT2D eigenvalue weighted by Crippen LogP contribution is 2.57. The molecule has 5 nitrogen and oxygen atoms in total. The molecule has 1 fully saturated rings. The van der Waals surface area contributed by atoms with Crippen molar-refractivity contribution >= 4 is 16.6 Å². The number of para-hydroxylation sites is 1. The third-order valence-electron chi connectivity index (χ3n) is 7.43. The monoisotopic (exact) mass is 388 g/mol. The van der Waals surface area contributed by atoms with Gasteiger partial charge in [0.05, 0.1) is 11.6 Å². The summed E-state index contributed by atoms with van der Waals surface area (Å²) in [7, 11) is 0. The van der Waals surface area contributed by atoms with Crippen LogP contribution in [-0.2, 0) is 6.42 Å². The maximum absolute atomic E-state index is 5.83. The second-order valence-electron chi connectivity index (χ2n) is 9.24. The van der Waals surface area contributed by atoms with Gasteiger partial charge in [0.2, 0.25) is 0 Å². The van der Waals surface area contributed by atoms with Crippen LogP contribution in [0.5, 0.6) is 0 Å². The van der Waals surface area contributed by atoms with E-state index in [1.165, 1.54) is 41.5 Å². The zero-order chi connectivity index (χ0) is 19.8. The average molecular weight is 389 g/mol. The number of nitrogens with zero attached hydrogens (tertiary/aromatic N) is 4. The van der Waals surface area contributed by atoms with E-state index in [9.17, 15) is 0 Å². The van der Waals surface area contributed by atoms with Crippen molar-refractivity contribution in [2.75, 3.05) is 13.1 Å². The first-order chi connectivity index (χ1) is 14.1. The van der Waals surface area contributed by atoms with Crippen molar-refractivity contribution in [1.29, 1.82) is 0 Å². The van der Waals surface area contributed by atoms with Gasteiger partial charge >= 0.3 is 0 Å². The molecule has 0 aliphatic carbocycles. The van der Waals surface area contributed by atoms with Crippen LogP contribution in [0.1, 0.15) is 75.0 Å². The summed E-state index contributed by atoms with van der Waals surface area (Å²) in [6.45, 7) is 8.93. The molecule has 0 radical (unpaired) electrons. The molecule has 1 aromatic carbocycles. The molecule has 0 N–H and O–H groups in total. The fraction of sp³-hybridized carbons (Fsp3) is 0.500. The molecule has 0 amide bonds.